The topological polar surface area (TPSA) is 80.0 Å². The third-order valence-corrected chi connectivity index (χ3v) is 1.85. The van der Waals surface area contributed by atoms with Gasteiger partial charge in [-0.3, -0.25) is 4.79 Å². The van der Waals surface area contributed by atoms with E-state index in [2.05, 4.69) is 15.4 Å². The molecule has 0 radical (unpaired) electrons. The first kappa shape index (κ1) is 10.6. The third kappa shape index (κ3) is 3.14. The molecule has 0 aliphatic carbocycles. The van der Waals surface area contributed by atoms with Gasteiger partial charge >= 0.3 is 0 Å². The Morgan fingerprint density at radius 2 is 2.50 bits per heavy atom. The van der Waals surface area contributed by atoms with Gasteiger partial charge in [0.05, 0.1) is 12.6 Å². The Hall–Kier alpha value is -1.43. The third-order valence-electron chi connectivity index (χ3n) is 1.85. The number of nitrogens with one attached hydrogen (secondary N) is 1. The molecule has 1 aromatic rings. The van der Waals surface area contributed by atoms with Crippen LogP contribution in [-0.2, 0) is 11.3 Å². The number of aliphatic hydroxyl groups is 1. The van der Waals surface area contributed by atoms with Crippen LogP contribution in [0.2, 0.25) is 0 Å². The molecule has 0 fully saturated rings. The van der Waals surface area contributed by atoms with Gasteiger partial charge in [-0.15, -0.1) is 0 Å². The van der Waals surface area contributed by atoms with Crippen molar-refractivity contribution < 1.29 is 9.90 Å². The molecule has 0 aliphatic rings. The van der Waals surface area contributed by atoms with Crippen molar-refractivity contribution in [3.05, 3.63) is 12.7 Å². The maximum atomic E-state index is 11.3. The molecule has 0 bridgehead atoms. The first-order valence-corrected chi connectivity index (χ1v) is 4.49. The van der Waals surface area contributed by atoms with Crippen molar-refractivity contribution in [3.8, 4) is 0 Å². The highest BCUT2D eigenvalue weighted by atomic mass is 16.3. The van der Waals surface area contributed by atoms with Crippen LogP contribution in [0.15, 0.2) is 12.7 Å². The predicted octanol–water partition coefficient (Wildman–Crippen LogP) is -0.835. The smallest absolute Gasteiger partial charge is 0.242 e. The molecule has 0 saturated heterocycles. The number of rotatable bonds is 5. The van der Waals surface area contributed by atoms with E-state index in [9.17, 15) is 4.79 Å². The van der Waals surface area contributed by atoms with Crippen molar-refractivity contribution in [1.29, 1.82) is 0 Å². The fraction of sp³-hybridized carbons (Fsp3) is 0.625. The summed E-state index contributed by atoms with van der Waals surface area (Å²) < 4.78 is 1.43. The summed E-state index contributed by atoms with van der Waals surface area (Å²) in [5.41, 5.74) is 0. The molecule has 2 N–H and O–H groups in total. The molecule has 14 heavy (non-hydrogen) atoms. The largest absolute Gasteiger partial charge is 0.394 e. The zero-order chi connectivity index (χ0) is 10.4. The summed E-state index contributed by atoms with van der Waals surface area (Å²) >= 11 is 0. The van der Waals surface area contributed by atoms with Gasteiger partial charge in [0.1, 0.15) is 19.2 Å². The Balaban J connectivity index is 2.35. The molecule has 1 amide bonds. The van der Waals surface area contributed by atoms with Crippen molar-refractivity contribution in [1.82, 2.24) is 20.1 Å². The van der Waals surface area contributed by atoms with Gasteiger partial charge in [0, 0.05) is 0 Å². The number of amides is 1. The molecular formula is C8H14N4O2. The minimum atomic E-state index is -0.175. The van der Waals surface area contributed by atoms with Crippen LogP contribution in [0.4, 0.5) is 0 Å². The van der Waals surface area contributed by atoms with E-state index in [0.717, 1.165) is 0 Å². The maximum Gasteiger partial charge on any atom is 0.242 e. The van der Waals surface area contributed by atoms with Crippen LogP contribution in [0, 0.1) is 0 Å². The van der Waals surface area contributed by atoms with Gasteiger partial charge in [-0.25, -0.2) is 9.67 Å². The second kappa shape index (κ2) is 5.33. The number of carbonyl (C=O) groups excluding carboxylic acids is 1. The van der Waals surface area contributed by atoms with Crippen molar-refractivity contribution in [2.75, 3.05) is 6.61 Å². The van der Waals surface area contributed by atoms with Crippen LogP contribution in [0.25, 0.3) is 0 Å². The molecule has 1 aromatic heterocycles. The first-order valence-electron chi connectivity index (χ1n) is 4.49. The normalized spacial score (nSPS) is 12.4. The predicted molar refractivity (Wildman–Crippen MR) is 49.3 cm³/mol. The Kier molecular flexibility index (Phi) is 4.06. The lowest BCUT2D eigenvalue weighted by Crippen LogP contribution is -2.38. The number of hydrogen-bond acceptors (Lipinski definition) is 4. The van der Waals surface area contributed by atoms with E-state index in [4.69, 9.17) is 5.11 Å². The quantitative estimate of drug-likeness (QED) is 0.647. The highest BCUT2D eigenvalue weighted by molar-refractivity contribution is 5.75. The molecule has 6 heteroatoms. The molecular weight excluding hydrogens is 184 g/mol. The molecule has 0 aliphatic heterocycles. The van der Waals surface area contributed by atoms with Gasteiger partial charge in [0.2, 0.25) is 5.91 Å². The Morgan fingerprint density at radius 1 is 1.71 bits per heavy atom. The highest BCUT2D eigenvalue weighted by Gasteiger charge is 2.09. The van der Waals surface area contributed by atoms with Gasteiger partial charge in [-0.05, 0) is 6.42 Å². The summed E-state index contributed by atoms with van der Waals surface area (Å²) in [4.78, 5) is 15.0. The summed E-state index contributed by atoms with van der Waals surface area (Å²) in [5, 5.41) is 15.3. The van der Waals surface area contributed by atoms with Crippen molar-refractivity contribution >= 4 is 5.91 Å². The van der Waals surface area contributed by atoms with Crippen molar-refractivity contribution in [2.45, 2.75) is 25.9 Å². The number of carbonyl (C=O) groups is 1. The lowest BCUT2D eigenvalue weighted by Gasteiger charge is -2.13. The van der Waals surface area contributed by atoms with E-state index in [-0.39, 0.29) is 25.1 Å². The Morgan fingerprint density at radius 3 is 3.00 bits per heavy atom. The van der Waals surface area contributed by atoms with Gasteiger partial charge in [-0.2, -0.15) is 5.10 Å². The van der Waals surface area contributed by atoms with Crippen molar-refractivity contribution in [3.63, 3.8) is 0 Å². The summed E-state index contributed by atoms with van der Waals surface area (Å²) in [6, 6.07) is -0.175. The number of nitrogens with zero attached hydrogens (tertiary/aromatic N) is 3. The molecule has 6 nitrogen and oxygen atoms in total. The van der Waals surface area contributed by atoms with Gasteiger partial charge < -0.3 is 10.4 Å². The summed E-state index contributed by atoms with van der Waals surface area (Å²) in [7, 11) is 0. The van der Waals surface area contributed by atoms with Crippen molar-refractivity contribution in [2.24, 2.45) is 0 Å². The van der Waals surface area contributed by atoms with E-state index >= 15 is 0 Å². The molecule has 78 valence electrons. The Bertz CT molecular complexity index is 269. The molecule has 1 unspecified atom stereocenters. The zero-order valence-corrected chi connectivity index (χ0v) is 8.05. The van der Waals surface area contributed by atoms with Gasteiger partial charge in [-0.1, -0.05) is 6.92 Å². The molecule has 1 heterocycles. The summed E-state index contributed by atoms with van der Waals surface area (Å²) in [6.45, 7) is 1.99. The minimum Gasteiger partial charge on any atom is -0.394 e. The average molecular weight is 198 g/mol. The fourth-order valence-electron chi connectivity index (χ4n) is 1.01. The van der Waals surface area contributed by atoms with Crippen LogP contribution in [-0.4, -0.2) is 38.4 Å². The zero-order valence-electron chi connectivity index (χ0n) is 8.05. The van der Waals surface area contributed by atoms with Gasteiger partial charge in [0.15, 0.2) is 0 Å². The van der Waals surface area contributed by atoms with Crippen LogP contribution in [0.5, 0.6) is 0 Å². The standard InChI is InChI=1S/C8H14N4O2/c1-2-7(4-13)11-8(14)3-12-6-9-5-10-12/h5-7,13H,2-4H2,1H3,(H,11,14). The van der Waals surface area contributed by atoms with E-state index in [1.807, 2.05) is 6.92 Å². The minimum absolute atomic E-state index is 0.0421. The number of aromatic nitrogens is 3. The second-order valence-electron chi connectivity index (χ2n) is 2.95. The number of aliphatic hydroxyl groups excluding tert-OH is 1. The second-order valence-corrected chi connectivity index (χ2v) is 2.95. The number of hydrogen-bond donors (Lipinski definition) is 2. The molecule has 0 saturated carbocycles. The Labute approximate surface area is 82.0 Å². The lowest BCUT2D eigenvalue weighted by molar-refractivity contribution is -0.122. The maximum absolute atomic E-state index is 11.3. The monoisotopic (exact) mass is 198 g/mol. The highest BCUT2D eigenvalue weighted by Crippen LogP contribution is 1.89. The molecule has 0 aromatic carbocycles. The fourth-order valence-corrected chi connectivity index (χ4v) is 1.01. The molecule has 1 atom stereocenters. The first-order chi connectivity index (χ1) is 6.76. The van der Waals surface area contributed by atoms with Crippen LogP contribution in [0.3, 0.4) is 0 Å². The lowest BCUT2D eigenvalue weighted by atomic mass is 10.2. The summed E-state index contributed by atoms with van der Waals surface area (Å²) in [5.74, 6) is -0.170. The van der Waals surface area contributed by atoms with Crippen LogP contribution in [0.1, 0.15) is 13.3 Å². The van der Waals surface area contributed by atoms with E-state index in [1.54, 1.807) is 0 Å². The molecule has 0 spiro atoms. The van der Waals surface area contributed by atoms with E-state index < -0.39 is 0 Å². The van der Waals surface area contributed by atoms with E-state index in [1.165, 1.54) is 17.3 Å². The van der Waals surface area contributed by atoms with Crippen LogP contribution < -0.4 is 5.32 Å². The summed E-state index contributed by atoms with van der Waals surface area (Å²) in [6.07, 6.45) is 3.55. The van der Waals surface area contributed by atoms with E-state index in [0.29, 0.717) is 6.42 Å². The average Bonchev–Trinajstić information content (AvgIpc) is 2.66. The van der Waals surface area contributed by atoms with Crippen LogP contribution >= 0.6 is 0 Å². The SMILES string of the molecule is CCC(CO)NC(=O)Cn1cncn1. The van der Waals surface area contributed by atoms with Gasteiger partial charge in [0.25, 0.3) is 0 Å². The molecule has 1 rings (SSSR count).